The summed E-state index contributed by atoms with van der Waals surface area (Å²) in [7, 11) is 0. The van der Waals surface area contributed by atoms with Crippen molar-refractivity contribution in [2.45, 2.75) is 39.7 Å². The fourth-order valence-corrected chi connectivity index (χ4v) is 2.90. The summed E-state index contributed by atoms with van der Waals surface area (Å²) in [5.74, 6) is 0.417. The molecule has 4 heteroatoms. The maximum Gasteiger partial charge on any atom is 0.414 e. The number of amides is 1. The average Bonchev–Trinajstić information content (AvgIpc) is 2.53. The highest BCUT2D eigenvalue weighted by Gasteiger charge is 2.29. The van der Waals surface area contributed by atoms with Gasteiger partial charge in [0.1, 0.15) is 5.60 Å². The first kappa shape index (κ1) is 16.5. The summed E-state index contributed by atoms with van der Waals surface area (Å²) >= 11 is 0. The summed E-state index contributed by atoms with van der Waals surface area (Å²) in [5, 5.41) is 1.09. The first-order valence-electron chi connectivity index (χ1n) is 8.39. The van der Waals surface area contributed by atoms with Crippen LogP contribution in [0.4, 0.5) is 4.79 Å². The lowest BCUT2D eigenvalue weighted by molar-refractivity contribution is 0.0327. The molecular weight excluding hydrogens is 300 g/mol. The van der Waals surface area contributed by atoms with Gasteiger partial charge in [-0.25, -0.2) is 4.79 Å². The lowest BCUT2D eigenvalue weighted by Gasteiger charge is -2.34. The molecule has 1 aromatic heterocycles. The monoisotopic (exact) mass is 324 g/mol. The van der Waals surface area contributed by atoms with Crippen LogP contribution in [0.1, 0.15) is 39.7 Å². The van der Waals surface area contributed by atoms with Crippen LogP contribution in [0.5, 0.6) is 0 Å². The normalized spacial score (nSPS) is 18.4. The quantitative estimate of drug-likeness (QED) is 0.753. The number of benzene rings is 1. The van der Waals surface area contributed by atoms with Crippen molar-refractivity contribution in [2.75, 3.05) is 6.54 Å². The highest BCUT2D eigenvalue weighted by Crippen LogP contribution is 2.30. The van der Waals surface area contributed by atoms with Crippen molar-refractivity contribution in [3.05, 3.63) is 48.2 Å². The van der Waals surface area contributed by atoms with E-state index in [2.05, 4.69) is 18.0 Å². The van der Waals surface area contributed by atoms with E-state index in [1.807, 2.05) is 51.1 Å². The van der Waals surface area contributed by atoms with Gasteiger partial charge < -0.3 is 4.74 Å². The number of allylic oxidation sites excluding steroid dienone is 1. The number of pyridine rings is 1. The van der Waals surface area contributed by atoms with Gasteiger partial charge in [0.05, 0.1) is 11.2 Å². The third-order valence-corrected chi connectivity index (χ3v) is 4.01. The Morgan fingerprint density at radius 1 is 1.29 bits per heavy atom. The Bertz CT molecular complexity index is 790. The Balaban J connectivity index is 1.96. The number of carbonyl (C=O) groups excluding carboxylic acids is 1. The number of carbonyl (C=O) groups is 1. The van der Waals surface area contributed by atoms with Crippen molar-refractivity contribution >= 4 is 22.7 Å². The van der Waals surface area contributed by atoms with Crippen molar-refractivity contribution in [3.63, 3.8) is 0 Å². The van der Waals surface area contributed by atoms with Crippen LogP contribution in [0.3, 0.4) is 0 Å². The minimum atomic E-state index is -0.506. The highest BCUT2D eigenvalue weighted by molar-refractivity contribution is 5.87. The van der Waals surface area contributed by atoms with E-state index in [1.165, 1.54) is 0 Å². The molecule has 0 aliphatic carbocycles. The van der Waals surface area contributed by atoms with Crippen LogP contribution in [-0.4, -0.2) is 28.1 Å². The maximum absolute atomic E-state index is 12.7. The number of ether oxygens (including phenoxy) is 1. The Kier molecular flexibility index (Phi) is 4.31. The smallest absolute Gasteiger partial charge is 0.414 e. The van der Waals surface area contributed by atoms with Gasteiger partial charge >= 0.3 is 6.09 Å². The van der Waals surface area contributed by atoms with Gasteiger partial charge in [0.2, 0.25) is 0 Å². The van der Waals surface area contributed by atoms with Crippen LogP contribution in [0.2, 0.25) is 0 Å². The van der Waals surface area contributed by atoms with Gasteiger partial charge in [-0.3, -0.25) is 9.88 Å². The van der Waals surface area contributed by atoms with Gasteiger partial charge in [-0.05, 0) is 45.2 Å². The summed E-state index contributed by atoms with van der Waals surface area (Å²) in [6.45, 7) is 8.48. The average molecular weight is 324 g/mol. The van der Waals surface area contributed by atoms with Crippen LogP contribution < -0.4 is 0 Å². The summed E-state index contributed by atoms with van der Waals surface area (Å²) in [6, 6.07) is 10.1. The zero-order valence-electron chi connectivity index (χ0n) is 14.7. The van der Waals surface area contributed by atoms with E-state index < -0.39 is 5.60 Å². The molecule has 1 aliphatic heterocycles. The van der Waals surface area contributed by atoms with Crippen LogP contribution in [0.15, 0.2) is 42.6 Å². The van der Waals surface area contributed by atoms with Crippen LogP contribution in [-0.2, 0) is 4.74 Å². The molecule has 1 amide bonds. The lowest BCUT2D eigenvalue weighted by Crippen LogP contribution is -2.39. The topological polar surface area (TPSA) is 42.4 Å². The van der Waals surface area contributed by atoms with Gasteiger partial charge in [-0.15, -0.1) is 0 Å². The van der Waals surface area contributed by atoms with E-state index in [9.17, 15) is 4.79 Å². The predicted octanol–water partition coefficient (Wildman–Crippen LogP) is 4.85. The Hall–Kier alpha value is -2.36. The molecule has 1 aromatic carbocycles. The largest absolute Gasteiger partial charge is 0.443 e. The van der Waals surface area contributed by atoms with Gasteiger partial charge in [0, 0.05) is 23.7 Å². The number of rotatable bonds is 1. The van der Waals surface area contributed by atoms with Gasteiger partial charge in [0.25, 0.3) is 0 Å². The Labute approximate surface area is 143 Å². The van der Waals surface area contributed by atoms with Crippen molar-refractivity contribution in [2.24, 2.45) is 5.92 Å². The maximum atomic E-state index is 12.7. The van der Waals surface area contributed by atoms with Crippen molar-refractivity contribution in [3.8, 4) is 0 Å². The van der Waals surface area contributed by atoms with Gasteiger partial charge in [-0.2, -0.15) is 0 Å². The molecule has 3 rings (SSSR count). The van der Waals surface area contributed by atoms with Crippen molar-refractivity contribution in [1.82, 2.24) is 9.88 Å². The molecule has 2 heterocycles. The zero-order valence-corrected chi connectivity index (χ0v) is 14.7. The molecule has 0 N–H and O–H groups in total. The minimum absolute atomic E-state index is 0.290. The second-order valence-corrected chi connectivity index (χ2v) is 7.43. The van der Waals surface area contributed by atoms with Crippen LogP contribution >= 0.6 is 0 Å². The molecule has 0 radical (unpaired) electrons. The standard InChI is InChI=1S/C20H24N2O2/c1-14-7-10-18(22(13-14)19(23)24-20(2,3)4)16-9-8-15-6-5-11-21-17(15)12-16/h5-6,8-12,14H,7,13H2,1-4H3. The van der Waals surface area contributed by atoms with E-state index in [0.717, 1.165) is 28.6 Å². The molecule has 24 heavy (non-hydrogen) atoms. The Morgan fingerprint density at radius 2 is 2.08 bits per heavy atom. The fraction of sp³-hybridized carbons (Fsp3) is 0.400. The van der Waals surface area contributed by atoms with E-state index in [4.69, 9.17) is 4.74 Å². The predicted molar refractivity (Wildman–Crippen MR) is 96.4 cm³/mol. The molecule has 126 valence electrons. The van der Waals surface area contributed by atoms with Crippen LogP contribution in [0.25, 0.3) is 16.6 Å². The van der Waals surface area contributed by atoms with E-state index >= 15 is 0 Å². The highest BCUT2D eigenvalue weighted by atomic mass is 16.6. The summed E-state index contributed by atoms with van der Waals surface area (Å²) in [6.07, 6.45) is 4.58. The number of fused-ring (bicyclic) bond motifs is 1. The van der Waals surface area contributed by atoms with E-state index in [1.54, 1.807) is 11.1 Å². The molecule has 0 fully saturated rings. The molecule has 1 unspecified atom stereocenters. The second kappa shape index (κ2) is 6.27. The fourth-order valence-electron chi connectivity index (χ4n) is 2.90. The molecule has 1 aliphatic rings. The summed E-state index contributed by atoms with van der Waals surface area (Å²) in [4.78, 5) is 18.8. The number of hydrogen-bond donors (Lipinski definition) is 0. The van der Waals surface area contributed by atoms with E-state index in [0.29, 0.717) is 12.5 Å². The molecule has 0 saturated heterocycles. The summed E-state index contributed by atoms with van der Waals surface area (Å²) in [5.41, 5.74) is 2.33. The zero-order chi connectivity index (χ0) is 17.3. The number of nitrogens with zero attached hydrogens (tertiary/aromatic N) is 2. The van der Waals surface area contributed by atoms with Gasteiger partial charge in [0.15, 0.2) is 0 Å². The minimum Gasteiger partial charge on any atom is -0.443 e. The lowest BCUT2D eigenvalue weighted by atomic mass is 9.98. The molecule has 0 spiro atoms. The summed E-state index contributed by atoms with van der Waals surface area (Å²) < 4.78 is 5.60. The first-order chi connectivity index (χ1) is 11.3. The molecule has 0 saturated carbocycles. The number of hydrogen-bond acceptors (Lipinski definition) is 3. The third-order valence-electron chi connectivity index (χ3n) is 4.01. The molecule has 2 aromatic rings. The first-order valence-corrected chi connectivity index (χ1v) is 8.39. The molecule has 0 bridgehead atoms. The number of aromatic nitrogens is 1. The Morgan fingerprint density at radius 3 is 2.83 bits per heavy atom. The van der Waals surface area contributed by atoms with Crippen LogP contribution in [0, 0.1) is 5.92 Å². The third kappa shape index (κ3) is 3.58. The SMILES string of the molecule is CC1CC=C(c2ccc3cccnc3c2)N(C(=O)OC(C)(C)C)C1. The molecule has 4 nitrogen and oxygen atoms in total. The second-order valence-electron chi connectivity index (χ2n) is 7.43. The van der Waals surface area contributed by atoms with Crippen molar-refractivity contribution in [1.29, 1.82) is 0 Å². The molecular formula is C20H24N2O2. The van der Waals surface area contributed by atoms with E-state index in [-0.39, 0.29) is 6.09 Å². The molecule has 1 atom stereocenters. The van der Waals surface area contributed by atoms with Crippen molar-refractivity contribution < 1.29 is 9.53 Å². The van der Waals surface area contributed by atoms with Gasteiger partial charge in [-0.1, -0.05) is 31.2 Å².